The van der Waals surface area contributed by atoms with E-state index in [0.717, 1.165) is 0 Å². The lowest BCUT2D eigenvalue weighted by Gasteiger charge is -2.49. The van der Waals surface area contributed by atoms with Gasteiger partial charge in [-0.3, -0.25) is 0 Å². The monoisotopic (exact) mass is 630 g/mol. The molecule has 0 aliphatic carbocycles. The Morgan fingerprint density at radius 2 is 1.00 bits per heavy atom. The first-order chi connectivity index (χ1) is 20.5. The van der Waals surface area contributed by atoms with E-state index in [2.05, 4.69) is 0 Å². The van der Waals surface area contributed by atoms with E-state index in [0.29, 0.717) is 0 Å². The maximum atomic E-state index is 10.1. The van der Waals surface area contributed by atoms with Crippen molar-refractivity contribution in [2.24, 2.45) is 0 Å². The largest absolute Gasteiger partial charge is 0.391 e. The number of hydrogen-bond donors (Lipinski definition) is 4. The van der Waals surface area contributed by atoms with Gasteiger partial charge in [-0.15, -0.1) is 0 Å². The van der Waals surface area contributed by atoms with E-state index in [1.54, 1.807) is 27.7 Å². The first-order valence-electron chi connectivity index (χ1n) is 14.7. The number of hydrogen-bond acceptors (Lipinski definition) is 15. The smallest absolute Gasteiger partial charge is 0.187 e. The number of aliphatic hydroxyl groups is 4. The molecule has 0 saturated carbocycles. The van der Waals surface area contributed by atoms with Crippen LogP contribution >= 0.6 is 0 Å². The molecule has 2 aliphatic heterocycles. The lowest BCUT2D eigenvalue weighted by atomic mass is 9.96. The molecule has 0 aromatic rings. The zero-order chi connectivity index (χ0) is 32.1. The second-order valence-corrected chi connectivity index (χ2v) is 11.1. The summed E-state index contributed by atoms with van der Waals surface area (Å²) < 4.78 is 65.7. The summed E-state index contributed by atoms with van der Waals surface area (Å²) in [6, 6.07) is 0. The first kappa shape index (κ1) is 38.6. The van der Waals surface area contributed by atoms with Gasteiger partial charge in [0.25, 0.3) is 0 Å². The van der Waals surface area contributed by atoms with Crippen LogP contribution in [0.1, 0.15) is 27.7 Å². The van der Waals surface area contributed by atoms with E-state index in [-0.39, 0.29) is 39.6 Å². The SMILES string of the molecule is COC[C@H]1O[C@H](O[C@H]2[C@H](OC[C@H](C)O)[C@@H](OC)[C@H](OC[C@H](C)O)O[C@@H]2COC[C@H](C)O)[C@H](OC[C@H](C)O)[C@@H](OC)[C@@H]1OC. The van der Waals surface area contributed by atoms with Gasteiger partial charge >= 0.3 is 0 Å². The second kappa shape index (κ2) is 19.8. The lowest BCUT2D eigenvalue weighted by Crippen LogP contribution is -2.66. The minimum absolute atomic E-state index is 0.0237. The Hall–Kier alpha value is -0.600. The molecule has 2 fully saturated rings. The molecule has 2 aliphatic rings. The van der Waals surface area contributed by atoms with Gasteiger partial charge in [-0.05, 0) is 27.7 Å². The Kier molecular flexibility index (Phi) is 17.8. The highest BCUT2D eigenvalue weighted by Crippen LogP contribution is 2.34. The average molecular weight is 631 g/mol. The van der Waals surface area contributed by atoms with Crippen LogP contribution in [0, 0.1) is 0 Å². The summed E-state index contributed by atoms with van der Waals surface area (Å²) >= 11 is 0. The van der Waals surface area contributed by atoms with Gasteiger partial charge < -0.3 is 72.5 Å². The molecule has 0 bridgehead atoms. The number of aliphatic hydroxyl groups excluding tert-OH is 4. The molecule has 14 atom stereocenters. The molecule has 0 unspecified atom stereocenters. The summed E-state index contributed by atoms with van der Waals surface area (Å²) in [5.41, 5.74) is 0. The van der Waals surface area contributed by atoms with E-state index in [9.17, 15) is 20.4 Å². The Bertz CT molecular complexity index is 726. The van der Waals surface area contributed by atoms with Crippen molar-refractivity contribution in [3.63, 3.8) is 0 Å². The maximum Gasteiger partial charge on any atom is 0.187 e. The van der Waals surface area contributed by atoms with Crippen LogP contribution in [-0.2, 0) is 52.1 Å². The van der Waals surface area contributed by atoms with Gasteiger partial charge in [-0.1, -0.05) is 0 Å². The molecule has 2 rings (SSSR count). The molecular formula is C28H54O15. The third-order valence-corrected chi connectivity index (χ3v) is 6.82. The van der Waals surface area contributed by atoms with Crippen molar-refractivity contribution in [3.05, 3.63) is 0 Å². The van der Waals surface area contributed by atoms with E-state index >= 15 is 0 Å². The molecular weight excluding hydrogens is 576 g/mol. The fourth-order valence-electron chi connectivity index (χ4n) is 5.01. The third-order valence-electron chi connectivity index (χ3n) is 6.82. The Morgan fingerprint density at radius 1 is 0.512 bits per heavy atom. The van der Waals surface area contributed by atoms with E-state index < -0.39 is 85.8 Å². The maximum absolute atomic E-state index is 10.1. The van der Waals surface area contributed by atoms with Gasteiger partial charge in [0.2, 0.25) is 0 Å². The fraction of sp³-hybridized carbons (Fsp3) is 1.00. The van der Waals surface area contributed by atoms with Crippen molar-refractivity contribution in [2.45, 2.75) is 114 Å². The van der Waals surface area contributed by atoms with Crippen molar-refractivity contribution in [1.82, 2.24) is 0 Å². The highest BCUT2D eigenvalue weighted by atomic mass is 16.8. The van der Waals surface area contributed by atoms with Crippen LogP contribution < -0.4 is 0 Å². The molecule has 43 heavy (non-hydrogen) atoms. The van der Waals surface area contributed by atoms with Crippen molar-refractivity contribution in [1.29, 1.82) is 0 Å². The zero-order valence-corrected chi connectivity index (χ0v) is 26.6. The molecule has 256 valence electrons. The average Bonchev–Trinajstić information content (AvgIpc) is 2.94. The van der Waals surface area contributed by atoms with Crippen molar-refractivity contribution >= 4 is 0 Å². The molecule has 2 saturated heterocycles. The van der Waals surface area contributed by atoms with Crippen LogP contribution in [0.3, 0.4) is 0 Å². The van der Waals surface area contributed by atoms with Gasteiger partial charge in [0.1, 0.15) is 48.8 Å². The fourth-order valence-corrected chi connectivity index (χ4v) is 5.01. The van der Waals surface area contributed by atoms with Crippen LogP contribution in [0.15, 0.2) is 0 Å². The van der Waals surface area contributed by atoms with Crippen LogP contribution in [0.25, 0.3) is 0 Å². The minimum atomic E-state index is -1.10. The van der Waals surface area contributed by atoms with E-state index in [4.69, 9.17) is 52.1 Å². The van der Waals surface area contributed by atoms with Crippen molar-refractivity contribution in [2.75, 3.05) is 68.1 Å². The highest BCUT2D eigenvalue weighted by Gasteiger charge is 2.54. The summed E-state index contributed by atoms with van der Waals surface area (Å²) in [7, 11) is 6.02. The summed E-state index contributed by atoms with van der Waals surface area (Å²) in [5, 5.41) is 39.7. The summed E-state index contributed by atoms with van der Waals surface area (Å²) in [4.78, 5) is 0. The normalized spacial score (nSPS) is 36.3. The molecule has 0 aromatic carbocycles. The Labute approximate surface area is 254 Å². The minimum Gasteiger partial charge on any atom is -0.391 e. The van der Waals surface area contributed by atoms with Crippen molar-refractivity contribution < 1.29 is 72.5 Å². The Balaban J connectivity index is 2.51. The van der Waals surface area contributed by atoms with Gasteiger partial charge in [-0.2, -0.15) is 0 Å². The quantitative estimate of drug-likeness (QED) is 0.126. The van der Waals surface area contributed by atoms with Crippen LogP contribution in [0.4, 0.5) is 0 Å². The zero-order valence-electron chi connectivity index (χ0n) is 26.6. The molecule has 0 aromatic heterocycles. The van der Waals surface area contributed by atoms with Crippen LogP contribution in [0.2, 0.25) is 0 Å². The van der Waals surface area contributed by atoms with Gasteiger partial charge in [-0.25, -0.2) is 0 Å². The number of methoxy groups -OCH3 is 4. The standard InChI is InChI=1S/C28H54O15/c1-15(29)9-37-14-20-22(24(38-10-16(2)30)25(36-8)27(41-20)40-12-18(4)32)43-28-26(39-11-17(3)31)23(35-7)21(34-6)19(42-28)13-33-5/h15-32H,9-14H2,1-8H3/t15-,16-,17-,18-,19+,20+,21+,22+,23-,24-,25+,26+,27+,28+/m0/s1. The second-order valence-electron chi connectivity index (χ2n) is 11.1. The van der Waals surface area contributed by atoms with Gasteiger partial charge in [0, 0.05) is 28.4 Å². The molecule has 2 heterocycles. The number of rotatable bonds is 20. The molecule has 4 N–H and O–H groups in total. The molecule has 0 spiro atoms. The van der Waals surface area contributed by atoms with E-state index in [1.807, 2.05) is 0 Å². The highest BCUT2D eigenvalue weighted by molar-refractivity contribution is 4.97. The van der Waals surface area contributed by atoms with E-state index in [1.165, 1.54) is 28.4 Å². The van der Waals surface area contributed by atoms with Gasteiger partial charge in [0.15, 0.2) is 12.6 Å². The van der Waals surface area contributed by atoms with Crippen LogP contribution in [0.5, 0.6) is 0 Å². The summed E-state index contributed by atoms with van der Waals surface area (Å²) in [6.45, 7) is 6.30. The Morgan fingerprint density at radius 3 is 1.51 bits per heavy atom. The molecule has 15 nitrogen and oxygen atoms in total. The summed E-state index contributed by atoms with van der Waals surface area (Å²) in [6.07, 6.45) is -11.6. The molecule has 15 heteroatoms. The van der Waals surface area contributed by atoms with Crippen molar-refractivity contribution in [3.8, 4) is 0 Å². The molecule has 0 amide bonds. The third kappa shape index (κ3) is 11.9. The lowest BCUT2D eigenvalue weighted by molar-refractivity contribution is -0.373. The topological polar surface area (TPSA) is 182 Å². The van der Waals surface area contributed by atoms with Gasteiger partial charge in [0.05, 0.1) is 64.1 Å². The first-order valence-corrected chi connectivity index (χ1v) is 14.7. The predicted molar refractivity (Wildman–Crippen MR) is 149 cm³/mol. The number of ether oxygens (including phenoxy) is 11. The molecule has 0 radical (unpaired) electrons. The predicted octanol–water partition coefficient (Wildman–Crippen LogP) is -1.16. The summed E-state index contributed by atoms with van der Waals surface area (Å²) in [5.74, 6) is 0. The van der Waals surface area contributed by atoms with Crippen LogP contribution in [-0.4, -0.2) is 174 Å².